The topological polar surface area (TPSA) is 66.6 Å². The van der Waals surface area contributed by atoms with Gasteiger partial charge in [-0.05, 0) is 41.3 Å². The Bertz CT molecular complexity index is 1320. The largest absolute Gasteiger partial charge is 0.336 e. The number of carbonyl (C=O) groups is 1. The van der Waals surface area contributed by atoms with Crippen molar-refractivity contribution in [3.8, 4) is 11.3 Å². The minimum absolute atomic E-state index is 0.0900. The van der Waals surface area contributed by atoms with Crippen LogP contribution in [0.4, 0.5) is 10.3 Å². The first-order chi connectivity index (χ1) is 16.3. The fourth-order valence-electron chi connectivity index (χ4n) is 4.16. The second-order valence-corrected chi connectivity index (χ2v) is 9.57. The van der Waals surface area contributed by atoms with Crippen LogP contribution in [0.1, 0.15) is 36.7 Å². The Morgan fingerprint density at radius 2 is 1.59 bits per heavy atom. The van der Waals surface area contributed by atoms with Crippen molar-refractivity contribution in [1.82, 2.24) is 24.5 Å². The van der Waals surface area contributed by atoms with Gasteiger partial charge in [0.05, 0.1) is 5.69 Å². The van der Waals surface area contributed by atoms with Crippen molar-refractivity contribution >= 4 is 17.6 Å². The van der Waals surface area contributed by atoms with E-state index in [4.69, 9.17) is 5.10 Å². The van der Waals surface area contributed by atoms with Crippen molar-refractivity contribution in [1.29, 1.82) is 0 Å². The standard InChI is InChI=1S/C26H27FN6O/c1-26(2,3)20-8-4-18(5-9-20)22-12-13-28-24-29-25(30-33(22)24)32-16-14-31(15-17-32)23(34)19-6-10-21(27)11-7-19/h4-13H,14-17H2,1-3H3. The molecule has 2 aromatic carbocycles. The number of aromatic nitrogens is 4. The number of piperazine rings is 1. The summed E-state index contributed by atoms with van der Waals surface area (Å²) in [6.07, 6.45) is 1.75. The molecular formula is C26H27FN6O. The molecule has 4 aromatic rings. The van der Waals surface area contributed by atoms with Crippen LogP contribution in [0.25, 0.3) is 17.0 Å². The molecule has 5 rings (SSSR count). The molecule has 7 nitrogen and oxygen atoms in total. The van der Waals surface area contributed by atoms with Crippen LogP contribution in [-0.4, -0.2) is 56.6 Å². The maximum atomic E-state index is 13.2. The lowest BCUT2D eigenvalue weighted by molar-refractivity contribution is 0.0746. The van der Waals surface area contributed by atoms with Crippen molar-refractivity contribution in [2.75, 3.05) is 31.1 Å². The van der Waals surface area contributed by atoms with Crippen LogP contribution in [-0.2, 0) is 5.41 Å². The Morgan fingerprint density at radius 3 is 2.24 bits per heavy atom. The molecule has 0 radical (unpaired) electrons. The van der Waals surface area contributed by atoms with E-state index in [0.717, 1.165) is 11.3 Å². The third-order valence-electron chi connectivity index (χ3n) is 6.22. The van der Waals surface area contributed by atoms with Crippen LogP contribution >= 0.6 is 0 Å². The van der Waals surface area contributed by atoms with Crippen molar-refractivity contribution in [2.24, 2.45) is 0 Å². The fraction of sp³-hybridized carbons (Fsp3) is 0.308. The molecule has 1 aliphatic heterocycles. The molecule has 0 bridgehead atoms. The minimum Gasteiger partial charge on any atom is -0.336 e. The Balaban J connectivity index is 1.34. The summed E-state index contributed by atoms with van der Waals surface area (Å²) in [6.45, 7) is 8.90. The first-order valence-electron chi connectivity index (χ1n) is 11.4. The van der Waals surface area contributed by atoms with Gasteiger partial charge in [-0.15, -0.1) is 5.10 Å². The number of carbonyl (C=O) groups excluding carboxylic acids is 1. The summed E-state index contributed by atoms with van der Waals surface area (Å²) in [5, 5.41) is 4.75. The summed E-state index contributed by atoms with van der Waals surface area (Å²) in [6, 6.07) is 16.1. The Kier molecular flexibility index (Phi) is 5.51. The van der Waals surface area contributed by atoms with Crippen LogP contribution in [0.5, 0.6) is 0 Å². The molecule has 1 amide bonds. The molecule has 0 spiro atoms. The van der Waals surface area contributed by atoms with Crippen LogP contribution in [0.3, 0.4) is 0 Å². The number of anilines is 1. The van der Waals surface area contributed by atoms with Gasteiger partial charge in [0.25, 0.3) is 11.7 Å². The fourth-order valence-corrected chi connectivity index (χ4v) is 4.16. The lowest BCUT2D eigenvalue weighted by Crippen LogP contribution is -2.49. The number of benzene rings is 2. The average Bonchev–Trinajstić information content (AvgIpc) is 3.28. The first-order valence-corrected chi connectivity index (χ1v) is 11.4. The number of rotatable bonds is 3. The highest BCUT2D eigenvalue weighted by atomic mass is 19.1. The molecule has 2 aromatic heterocycles. The first kappa shape index (κ1) is 22.0. The van der Waals surface area contributed by atoms with Crippen molar-refractivity contribution in [3.05, 3.63) is 77.7 Å². The molecule has 1 aliphatic rings. The number of nitrogens with zero attached hydrogens (tertiary/aromatic N) is 6. The molecular weight excluding hydrogens is 431 g/mol. The van der Waals surface area contributed by atoms with Gasteiger partial charge in [-0.25, -0.2) is 9.37 Å². The molecule has 174 valence electrons. The summed E-state index contributed by atoms with van der Waals surface area (Å²) < 4.78 is 14.9. The average molecular weight is 459 g/mol. The van der Waals surface area contributed by atoms with E-state index >= 15 is 0 Å². The Hall–Kier alpha value is -3.81. The van der Waals surface area contributed by atoms with Crippen LogP contribution in [0.15, 0.2) is 60.8 Å². The maximum absolute atomic E-state index is 13.2. The number of amides is 1. The van der Waals surface area contributed by atoms with E-state index in [2.05, 4.69) is 59.9 Å². The molecule has 8 heteroatoms. The lowest BCUT2D eigenvalue weighted by atomic mass is 9.86. The third kappa shape index (κ3) is 4.23. The highest BCUT2D eigenvalue weighted by Gasteiger charge is 2.25. The van der Waals surface area contributed by atoms with Gasteiger partial charge >= 0.3 is 0 Å². The molecule has 0 atom stereocenters. The van der Waals surface area contributed by atoms with Gasteiger partial charge in [-0.3, -0.25) is 4.79 Å². The maximum Gasteiger partial charge on any atom is 0.254 e. The molecule has 0 aliphatic carbocycles. The monoisotopic (exact) mass is 458 g/mol. The molecule has 3 heterocycles. The van der Waals surface area contributed by atoms with E-state index in [1.807, 2.05) is 6.07 Å². The lowest BCUT2D eigenvalue weighted by Gasteiger charge is -2.34. The zero-order valence-corrected chi connectivity index (χ0v) is 19.6. The summed E-state index contributed by atoms with van der Waals surface area (Å²) in [5.74, 6) is 0.694. The normalized spacial score (nSPS) is 14.6. The summed E-state index contributed by atoms with van der Waals surface area (Å²) in [5.41, 5.74) is 3.83. The van der Waals surface area contributed by atoms with Crippen LogP contribution in [0.2, 0.25) is 0 Å². The van der Waals surface area contributed by atoms with Crippen LogP contribution < -0.4 is 4.90 Å². The van der Waals surface area contributed by atoms with Gasteiger partial charge in [0.15, 0.2) is 0 Å². The Morgan fingerprint density at radius 1 is 0.912 bits per heavy atom. The highest BCUT2D eigenvalue weighted by Crippen LogP contribution is 2.26. The van der Waals surface area contributed by atoms with E-state index < -0.39 is 0 Å². The van der Waals surface area contributed by atoms with Gasteiger partial charge in [0.2, 0.25) is 5.95 Å². The van der Waals surface area contributed by atoms with E-state index in [1.165, 1.54) is 29.8 Å². The summed E-state index contributed by atoms with van der Waals surface area (Å²) >= 11 is 0. The van der Waals surface area contributed by atoms with Gasteiger partial charge in [0, 0.05) is 43.5 Å². The Labute approximate surface area is 197 Å². The van der Waals surface area contributed by atoms with E-state index in [0.29, 0.717) is 43.5 Å². The minimum atomic E-state index is -0.350. The number of hydrogen-bond donors (Lipinski definition) is 0. The molecule has 0 N–H and O–H groups in total. The molecule has 0 unspecified atom stereocenters. The second-order valence-electron chi connectivity index (χ2n) is 9.57. The summed E-state index contributed by atoms with van der Waals surface area (Å²) in [4.78, 5) is 25.6. The van der Waals surface area contributed by atoms with Gasteiger partial charge in [0.1, 0.15) is 5.82 Å². The molecule has 0 saturated carbocycles. The van der Waals surface area contributed by atoms with Gasteiger partial charge in [-0.2, -0.15) is 9.50 Å². The van der Waals surface area contributed by atoms with Gasteiger partial charge < -0.3 is 9.80 Å². The third-order valence-corrected chi connectivity index (χ3v) is 6.22. The van der Waals surface area contributed by atoms with E-state index in [9.17, 15) is 9.18 Å². The van der Waals surface area contributed by atoms with Crippen LogP contribution in [0, 0.1) is 5.82 Å². The van der Waals surface area contributed by atoms with Crippen molar-refractivity contribution in [3.63, 3.8) is 0 Å². The number of fused-ring (bicyclic) bond motifs is 1. The zero-order valence-electron chi connectivity index (χ0n) is 19.6. The highest BCUT2D eigenvalue weighted by molar-refractivity contribution is 5.94. The van der Waals surface area contributed by atoms with E-state index in [1.54, 1.807) is 15.6 Å². The predicted octanol–water partition coefficient (Wildman–Crippen LogP) is 4.19. The number of hydrogen-bond acceptors (Lipinski definition) is 5. The molecule has 34 heavy (non-hydrogen) atoms. The SMILES string of the molecule is CC(C)(C)c1ccc(-c2ccnc3nc(N4CCN(C(=O)c5ccc(F)cc5)CC4)nn23)cc1. The molecule has 1 fully saturated rings. The molecule has 1 saturated heterocycles. The quantitative estimate of drug-likeness (QED) is 0.461. The van der Waals surface area contributed by atoms with Gasteiger partial charge in [-0.1, -0.05) is 45.0 Å². The smallest absolute Gasteiger partial charge is 0.254 e. The van der Waals surface area contributed by atoms with Crippen molar-refractivity contribution in [2.45, 2.75) is 26.2 Å². The zero-order chi connectivity index (χ0) is 23.9. The van der Waals surface area contributed by atoms with Crippen molar-refractivity contribution < 1.29 is 9.18 Å². The second kappa shape index (κ2) is 8.52. The number of halogens is 1. The summed E-state index contributed by atoms with van der Waals surface area (Å²) in [7, 11) is 0. The predicted molar refractivity (Wildman–Crippen MR) is 129 cm³/mol. The van der Waals surface area contributed by atoms with E-state index in [-0.39, 0.29) is 17.1 Å².